The molecule has 4 nitrogen and oxygen atoms in total. The fraction of sp³-hybridized carbons (Fsp3) is 0.526. The molecule has 1 aromatic carbocycles. The number of hydrogen-bond donors (Lipinski definition) is 2. The molecular formula is C19H26N2O2. The molecule has 1 atom stereocenters. The molecule has 0 radical (unpaired) electrons. The third-order valence-electron chi connectivity index (χ3n) is 4.94. The molecule has 0 bridgehead atoms. The Morgan fingerprint density at radius 3 is 2.96 bits per heavy atom. The van der Waals surface area contributed by atoms with E-state index in [1.165, 1.54) is 36.0 Å². The molecule has 1 aromatic rings. The third kappa shape index (κ3) is 3.75. The summed E-state index contributed by atoms with van der Waals surface area (Å²) in [5.74, 6) is 0. The summed E-state index contributed by atoms with van der Waals surface area (Å²) in [4.78, 5) is 14.4. The highest BCUT2D eigenvalue weighted by Crippen LogP contribution is 2.35. The number of fused-ring (bicyclic) bond motifs is 1. The lowest BCUT2D eigenvalue weighted by atomic mass is 10.1. The highest BCUT2D eigenvalue weighted by molar-refractivity contribution is 5.75. The SMILES string of the molecule is O=C(NCCC1=CCCC1)N(CCO)C1CCc2ccccc21. The maximum Gasteiger partial charge on any atom is 0.318 e. The Morgan fingerprint density at radius 2 is 2.17 bits per heavy atom. The van der Waals surface area contributed by atoms with Crippen molar-refractivity contribution in [3.05, 3.63) is 47.0 Å². The summed E-state index contributed by atoms with van der Waals surface area (Å²) in [6, 6.07) is 8.35. The second kappa shape index (κ2) is 7.64. The first kappa shape index (κ1) is 16.1. The first-order valence-electron chi connectivity index (χ1n) is 8.70. The van der Waals surface area contributed by atoms with Crippen LogP contribution in [0.4, 0.5) is 4.79 Å². The molecule has 0 saturated heterocycles. The molecule has 0 aromatic heterocycles. The van der Waals surface area contributed by atoms with Crippen molar-refractivity contribution in [2.24, 2.45) is 0 Å². The Bertz CT molecular complexity index is 582. The van der Waals surface area contributed by atoms with E-state index in [-0.39, 0.29) is 18.7 Å². The lowest BCUT2D eigenvalue weighted by Crippen LogP contribution is -2.43. The maximum atomic E-state index is 12.6. The van der Waals surface area contributed by atoms with Crippen molar-refractivity contribution in [1.29, 1.82) is 0 Å². The number of carbonyl (C=O) groups excluding carboxylic acids is 1. The number of nitrogens with zero attached hydrogens (tertiary/aromatic N) is 1. The van der Waals surface area contributed by atoms with Crippen LogP contribution in [0, 0.1) is 0 Å². The average Bonchev–Trinajstić information content (AvgIpc) is 3.22. The minimum absolute atomic E-state index is 0.00274. The van der Waals surface area contributed by atoms with Gasteiger partial charge in [-0.2, -0.15) is 0 Å². The van der Waals surface area contributed by atoms with E-state index in [1.807, 2.05) is 12.1 Å². The van der Waals surface area contributed by atoms with Crippen molar-refractivity contribution in [3.63, 3.8) is 0 Å². The van der Waals surface area contributed by atoms with E-state index in [2.05, 4.69) is 23.5 Å². The highest BCUT2D eigenvalue weighted by atomic mass is 16.3. The summed E-state index contributed by atoms with van der Waals surface area (Å²) >= 11 is 0. The van der Waals surface area contributed by atoms with Crippen LogP contribution in [0.2, 0.25) is 0 Å². The Balaban J connectivity index is 1.60. The molecule has 2 aliphatic carbocycles. The molecule has 0 heterocycles. The zero-order valence-corrected chi connectivity index (χ0v) is 13.6. The molecule has 0 aliphatic heterocycles. The summed E-state index contributed by atoms with van der Waals surface area (Å²) < 4.78 is 0. The standard InChI is InChI=1S/C19H26N2O2/c22-14-13-21(18-10-9-16-7-3-4-8-17(16)18)19(23)20-12-11-15-5-1-2-6-15/h3-5,7-8,18,22H,1-2,6,9-14H2,(H,20,23). The molecule has 2 N–H and O–H groups in total. The summed E-state index contributed by atoms with van der Waals surface area (Å²) in [5, 5.41) is 12.4. The fourth-order valence-corrected chi connectivity index (χ4v) is 3.76. The second-order valence-electron chi connectivity index (χ2n) is 6.41. The van der Waals surface area contributed by atoms with Crippen molar-refractivity contribution in [2.75, 3.05) is 19.7 Å². The molecule has 2 aliphatic rings. The number of allylic oxidation sites excluding steroid dienone is 1. The summed E-state index contributed by atoms with van der Waals surface area (Å²) in [6.45, 7) is 1.06. The number of carbonyl (C=O) groups is 1. The van der Waals surface area contributed by atoms with Gasteiger partial charge in [0.25, 0.3) is 0 Å². The van der Waals surface area contributed by atoms with Gasteiger partial charge >= 0.3 is 6.03 Å². The number of aryl methyl sites for hydroxylation is 1. The number of nitrogens with one attached hydrogen (secondary N) is 1. The molecule has 0 fully saturated rings. The van der Waals surface area contributed by atoms with Crippen molar-refractivity contribution < 1.29 is 9.90 Å². The number of hydrogen-bond acceptors (Lipinski definition) is 2. The van der Waals surface area contributed by atoms with E-state index >= 15 is 0 Å². The van der Waals surface area contributed by atoms with Crippen LogP contribution in [0.1, 0.15) is 49.3 Å². The predicted molar refractivity (Wildman–Crippen MR) is 91.2 cm³/mol. The topological polar surface area (TPSA) is 52.6 Å². The lowest BCUT2D eigenvalue weighted by Gasteiger charge is -2.29. The van der Waals surface area contributed by atoms with Crippen molar-refractivity contribution in [3.8, 4) is 0 Å². The Morgan fingerprint density at radius 1 is 1.30 bits per heavy atom. The van der Waals surface area contributed by atoms with Gasteiger partial charge in [-0.05, 0) is 49.7 Å². The molecule has 2 amide bonds. The van der Waals surface area contributed by atoms with Crippen LogP contribution in [0.5, 0.6) is 0 Å². The van der Waals surface area contributed by atoms with Gasteiger partial charge in [0.2, 0.25) is 0 Å². The largest absolute Gasteiger partial charge is 0.395 e. The van der Waals surface area contributed by atoms with Crippen LogP contribution in [-0.2, 0) is 6.42 Å². The summed E-state index contributed by atoms with van der Waals surface area (Å²) in [6.07, 6.45) is 8.79. The smallest absolute Gasteiger partial charge is 0.318 e. The lowest BCUT2D eigenvalue weighted by molar-refractivity contribution is 0.151. The third-order valence-corrected chi connectivity index (χ3v) is 4.94. The van der Waals surface area contributed by atoms with E-state index < -0.39 is 0 Å². The Hall–Kier alpha value is -1.81. The van der Waals surface area contributed by atoms with Gasteiger partial charge < -0.3 is 15.3 Å². The van der Waals surface area contributed by atoms with Crippen LogP contribution in [-0.4, -0.2) is 35.7 Å². The predicted octanol–water partition coefficient (Wildman–Crippen LogP) is 3.18. The van der Waals surface area contributed by atoms with E-state index in [9.17, 15) is 9.90 Å². The monoisotopic (exact) mass is 314 g/mol. The number of urea groups is 1. The quantitative estimate of drug-likeness (QED) is 0.792. The molecule has 23 heavy (non-hydrogen) atoms. The second-order valence-corrected chi connectivity index (χ2v) is 6.41. The van der Waals surface area contributed by atoms with Crippen LogP contribution < -0.4 is 5.32 Å². The molecule has 4 heteroatoms. The van der Waals surface area contributed by atoms with Crippen LogP contribution in [0.15, 0.2) is 35.9 Å². The van der Waals surface area contributed by atoms with Crippen molar-refractivity contribution in [1.82, 2.24) is 10.2 Å². The number of aliphatic hydroxyl groups is 1. The molecule has 3 rings (SSSR count). The minimum atomic E-state index is -0.0562. The molecule has 124 valence electrons. The number of amides is 2. The van der Waals surface area contributed by atoms with Gasteiger partial charge in [-0.3, -0.25) is 0 Å². The highest BCUT2D eigenvalue weighted by Gasteiger charge is 2.30. The van der Waals surface area contributed by atoms with Crippen molar-refractivity contribution in [2.45, 2.75) is 44.6 Å². The van der Waals surface area contributed by atoms with Gasteiger partial charge in [-0.1, -0.05) is 35.9 Å². The van der Waals surface area contributed by atoms with Crippen molar-refractivity contribution >= 4 is 6.03 Å². The zero-order chi connectivity index (χ0) is 16.1. The first-order valence-corrected chi connectivity index (χ1v) is 8.70. The Labute approximate surface area is 138 Å². The van der Waals surface area contributed by atoms with E-state index in [4.69, 9.17) is 0 Å². The minimum Gasteiger partial charge on any atom is -0.395 e. The normalized spacial score (nSPS) is 19.3. The van der Waals surface area contributed by atoms with Crippen LogP contribution in [0.3, 0.4) is 0 Å². The number of benzene rings is 1. The van der Waals surface area contributed by atoms with Gasteiger partial charge in [0.1, 0.15) is 0 Å². The Kier molecular flexibility index (Phi) is 5.34. The van der Waals surface area contributed by atoms with Gasteiger partial charge in [-0.15, -0.1) is 0 Å². The van der Waals surface area contributed by atoms with Crippen LogP contribution in [0.25, 0.3) is 0 Å². The van der Waals surface area contributed by atoms with Gasteiger partial charge in [0, 0.05) is 13.1 Å². The fourth-order valence-electron chi connectivity index (χ4n) is 3.76. The summed E-state index contributed by atoms with van der Waals surface area (Å²) in [7, 11) is 0. The summed E-state index contributed by atoms with van der Waals surface area (Å²) in [5.41, 5.74) is 4.02. The number of rotatable bonds is 6. The zero-order valence-electron chi connectivity index (χ0n) is 13.6. The first-order chi connectivity index (χ1) is 11.3. The number of aliphatic hydroxyl groups excluding tert-OH is 1. The van der Waals surface area contributed by atoms with E-state index in [0.717, 1.165) is 19.3 Å². The maximum absolute atomic E-state index is 12.6. The molecule has 0 saturated carbocycles. The van der Waals surface area contributed by atoms with E-state index in [0.29, 0.717) is 13.1 Å². The molecular weight excluding hydrogens is 288 g/mol. The average molecular weight is 314 g/mol. The molecule has 0 spiro atoms. The van der Waals surface area contributed by atoms with Gasteiger partial charge in [-0.25, -0.2) is 4.79 Å². The van der Waals surface area contributed by atoms with Gasteiger partial charge in [0.15, 0.2) is 0 Å². The van der Waals surface area contributed by atoms with Gasteiger partial charge in [0.05, 0.1) is 12.6 Å². The van der Waals surface area contributed by atoms with E-state index in [1.54, 1.807) is 4.90 Å². The van der Waals surface area contributed by atoms with Crippen LogP contribution >= 0.6 is 0 Å². The molecule has 1 unspecified atom stereocenters.